The Morgan fingerprint density at radius 3 is 2.70 bits per heavy atom. The van der Waals surface area contributed by atoms with E-state index in [-0.39, 0.29) is 42.6 Å². The zero-order chi connectivity index (χ0) is 15.1. The van der Waals surface area contributed by atoms with Crippen molar-refractivity contribution in [2.24, 2.45) is 0 Å². The SMILES string of the molecule is CCOC(=O)CCC(=O)COc1cc(F)c(Cl)cc1Br. The molecule has 0 atom stereocenters. The molecule has 0 N–H and O–H groups in total. The summed E-state index contributed by atoms with van der Waals surface area (Å²) < 4.78 is 23.6. The van der Waals surface area contributed by atoms with Gasteiger partial charge in [0.1, 0.15) is 18.2 Å². The van der Waals surface area contributed by atoms with Crippen molar-refractivity contribution in [3.05, 3.63) is 27.4 Å². The van der Waals surface area contributed by atoms with Gasteiger partial charge in [0.05, 0.1) is 22.5 Å². The molecule has 0 aliphatic carbocycles. The van der Waals surface area contributed by atoms with Crippen LogP contribution in [-0.2, 0) is 14.3 Å². The summed E-state index contributed by atoms with van der Waals surface area (Å²) in [6.07, 6.45) is 0.0265. The van der Waals surface area contributed by atoms with Gasteiger partial charge in [-0.05, 0) is 28.9 Å². The molecule has 0 spiro atoms. The van der Waals surface area contributed by atoms with Crippen LogP contribution in [0.15, 0.2) is 16.6 Å². The van der Waals surface area contributed by atoms with Crippen molar-refractivity contribution in [3.63, 3.8) is 0 Å². The summed E-state index contributed by atoms with van der Waals surface area (Å²) >= 11 is 8.74. The first-order valence-corrected chi connectivity index (χ1v) is 7.05. The molecule has 0 heterocycles. The molecule has 0 saturated carbocycles. The molecule has 1 aromatic rings. The van der Waals surface area contributed by atoms with Crippen LogP contribution in [0.2, 0.25) is 5.02 Å². The highest BCUT2D eigenvalue weighted by atomic mass is 79.9. The summed E-state index contributed by atoms with van der Waals surface area (Å²) in [5.74, 6) is -1.17. The summed E-state index contributed by atoms with van der Waals surface area (Å²) in [5, 5.41) is -0.0436. The van der Waals surface area contributed by atoms with Crippen LogP contribution in [0.25, 0.3) is 0 Å². The summed E-state index contributed by atoms with van der Waals surface area (Å²) in [4.78, 5) is 22.6. The van der Waals surface area contributed by atoms with Gasteiger partial charge in [-0.1, -0.05) is 11.6 Å². The lowest BCUT2D eigenvalue weighted by Gasteiger charge is -2.08. The number of carbonyl (C=O) groups is 2. The van der Waals surface area contributed by atoms with E-state index in [4.69, 9.17) is 21.1 Å². The predicted octanol–water partition coefficient (Wildman–Crippen LogP) is 3.53. The zero-order valence-corrected chi connectivity index (χ0v) is 13.1. The Hall–Kier alpha value is -1.14. The zero-order valence-electron chi connectivity index (χ0n) is 10.8. The average molecular weight is 368 g/mol. The van der Waals surface area contributed by atoms with Gasteiger partial charge in [0, 0.05) is 12.5 Å². The minimum Gasteiger partial charge on any atom is -0.485 e. The molecule has 0 saturated heterocycles. The monoisotopic (exact) mass is 366 g/mol. The van der Waals surface area contributed by atoms with Gasteiger partial charge < -0.3 is 9.47 Å². The number of ether oxygens (including phenoxy) is 2. The minimum absolute atomic E-state index is 0.00613. The first-order chi connectivity index (χ1) is 9.43. The fraction of sp³-hybridized carbons (Fsp3) is 0.385. The van der Waals surface area contributed by atoms with Gasteiger partial charge in [-0.3, -0.25) is 9.59 Å². The number of esters is 1. The number of rotatable bonds is 7. The fourth-order valence-electron chi connectivity index (χ4n) is 1.32. The Labute approximate surface area is 129 Å². The quantitative estimate of drug-likeness (QED) is 0.546. The normalized spacial score (nSPS) is 10.2. The van der Waals surface area contributed by atoms with E-state index in [1.54, 1.807) is 6.92 Å². The van der Waals surface area contributed by atoms with E-state index >= 15 is 0 Å². The van der Waals surface area contributed by atoms with E-state index in [1.165, 1.54) is 6.07 Å². The van der Waals surface area contributed by atoms with Crippen LogP contribution in [0.4, 0.5) is 4.39 Å². The summed E-state index contributed by atoms with van der Waals surface area (Å²) in [7, 11) is 0. The molecular weight excluding hydrogens is 354 g/mol. The number of Topliss-reactive ketones (excluding diaryl/α,β-unsaturated/α-hetero) is 1. The topological polar surface area (TPSA) is 52.6 Å². The summed E-state index contributed by atoms with van der Waals surface area (Å²) in [6, 6.07) is 2.43. The molecule has 1 rings (SSSR count). The molecule has 0 aliphatic heterocycles. The van der Waals surface area contributed by atoms with Gasteiger partial charge in [-0.15, -0.1) is 0 Å². The molecule has 1 aromatic carbocycles. The Kier molecular flexibility index (Phi) is 6.95. The second-order valence-electron chi connectivity index (χ2n) is 3.83. The van der Waals surface area contributed by atoms with Crippen molar-refractivity contribution < 1.29 is 23.5 Å². The van der Waals surface area contributed by atoms with E-state index in [9.17, 15) is 14.0 Å². The van der Waals surface area contributed by atoms with Crippen LogP contribution in [0, 0.1) is 5.82 Å². The van der Waals surface area contributed by atoms with Gasteiger partial charge in [-0.2, -0.15) is 0 Å². The number of halogens is 3. The molecule has 7 heteroatoms. The number of hydrogen-bond acceptors (Lipinski definition) is 4. The van der Waals surface area contributed by atoms with Crippen LogP contribution in [-0.4, -0.2) is 25.0 Å². The largest absolute Gasteiger partial charge is 0.485 e. The standard InChI is InChI=1S/C13H13BrClFO4/c1-2-19-13(18)4-3-8(17)7-20-12-6-11(16)10(15)5-9(12)14/h5-6H,2-4,7H2,1H3. The molecule has 0 aromatic heterocycles. The van der Waals surface area contributed by atoms with Crippen LogP contribution < -0.4 is 4.74 Å². The highest BCUT2D eigenvalue weighted by molar-refractivity contribution is 9.10. The molecule has 0 unspecified atom stereocenters. The lowest BCUT2D eigenvalue weighted by atomic mass is 10.2. The van der Waals surface area contributed by atoms with Crippen molar-refractivity contribution in [3.8, 4) is 5.75 Å². The van der Waals surface area contributed by atoms with Gasteiger partial charge in [0.15, 0.2) is 5.78 Å². The summed E-state index contributed by atoms with van der Waals surface area (Å²) in [6.45, 7) is 1.72. The maximum absolute atomic E-state index is 13.2. The van der Waals surface area contributed by atoms with Crippen molar-refractivity contribution in [1.29, 1.82) is 0 Å². The lowest BCUT2D eigenvalue weighted by molar-refractivity contribution is -0.144. The smallest absolute Gasteiger partial charge is 0.306 e. The van der Waals surface area contributed by atoms with Gasteiger partial charge >= 0.3 is 5.97 Å². The first kappa shape index (κ1) is 16.9. The third-order valence-electron chi connectivity index (χ3n) is 2.28. The molecule has 0 bridgehead atoms. The molecular formula is C13H13BrClFO4. The van der Waals surface area contributed by atoms with Gasteiger partial charge in [-0.25, -0.2) is 4.39 Å². The third kappa shape index (κ3) is 5.46. The molecule has 0 fully saturated rings. The molecule has 0 amide bonds. The molecule has 0 radical (unpaired) electrons. The number of hydrogen-bond donors (Lipinski definition) is 0. The second kappa shape index (κ2) is 8.21. The molecule has 20 heavy (non-hydrogen) atoms. The molecule has 4 nitrogen and oxygen atoms in total. The Bertz CT molecular complexity index is 507. The van der Waals surface area contributed by atoms with Gasteiger partial charge in [0.25, 0.3) is 0 Å². The van der Waals surface area contributed by atoms with Crippen molar-refractivity contribution in [1.82, 2.24) is 0 Å². The van der Waals surface area contributed by atoms with E-state index in [1.807, 2.05) is 0 Å². The number of benzene rings is 1. The Morgan fingerprint density at radius 1 is 1.35 bits per heavy atom. The molecule has 110 valence electrons. The second-order valence-corrected chi connectivity index (χ2v) is 5.09. The molecule has 0 aliphatic rings. The van der Waals surface area contributed by atoms with Crippen LogP contribution >= 0.6 is 27.5 Å². The van der Waals surface area contributed by atoms with Crippen LogP contribution in [0.5, 0.6) is 5.75 Å². The van der Waals surface area contributed by atoms with Crippen molar-refractivity contribution in [2.45, 2.75) is 19.8 Å². The maximum atomic E-state index is 13.2. The van der Waals surface area contributed by atoms with Crippen LogP contribution in [0.3, 0.4) is 0 Å². The van der Waals surface area contributed by atoms with Crippen molar-refractivity contribution in [2.75, 3.05) is 13.2 Å². The first-order valence-electron chi connectivity index (χ1n) is 5.88. The average Bonchev–Trinajstić information content (AvgIpc) is 2.39. The fourth-order valence-corrected chi connectivity index (χ4v) is 2.07. The number of carbonyl (C=O) groups excluding carboxylic acids is 2. The van der Waals surface area contributed by atoms with Crippen LogP contribution in [0.1, 0.15) is 19.8 Å². The van der Waals surface area contributed by atoms with Gasteiger partial charge in [0.2, 0.25) is 0 Å². The van der Waals surface area contributed by atoms with E-state index in [0.29, 0.717) is 4.47 Å². The Balaban J connectivity index is 2.45. The number of ketones is 1. The van der Waals surface area contributed by atoms with Crippen molar-refractivity contribution >= 4 is 39.3 Å². The van der Waals surface area contributed by atoms with E-state index in [0.717, 1.165) is 6.07 Å². The third-order valence-corrected chi connectivity index (χ3v) is 3.19. The Morgan fingerprint density at radius 2 is 2.05 bits per heavy atom. The van der Waals surface area contributed by atoms with E-state index in [2.05, 4.69) is 15.9 Å². The minimum atomic E-state index is -0.635. The van der Waals surface area contributed by atoms with E-state index < -0.39 is 11.8 Å². The summed E-state index contributed by atoms with van der Waals surface area (Å²) in [5.41, 5.74) is 0. The predicted molar refractivity (Wildman–Crippen MR) is 75.5 cm³/mol. The lowest BCUT2D eigenvalue weighted by Crippen LogP contribution is -2.14. The maximum Gasteiger partial charge on any atom is 0.306 e. The highest BCUT2D eigenvalue weighted by Gasteiger charge is 2.11. The highest BCUT2D eigenvalue weighted by Crippen LogP contribution is 2.30.